The number of nitrogens with zero attached hydrogens (tertiary/aromatic N) is 1. The van der Waals surface area contributed by atoms with Crippen molar-refractivity contribution in [2.75, 3.05) is 13.2 Å². The summed E-state index contributed by atoms with van der Waals surface area (Å²) in [5, 5.41) is 20.6. The van der Waals surface area contributed by atoms with Crippen LogP contribution in [0.5, 0.6) is 0 Å². The maximum atomic E-state index is 8.72. The third kappa shape index (κ3) is 6.88. The second-order valence-electron chi connectivity index (χ2n) is 4.62. The van der Waals surface area contributed by atoms with E-state index in [9.17, 15) is 0 Å². The summed E-state index contributed by atoms with van der Waals surface area (Å²) in [6.07, 6.45) is 2.32. The van der Waals surface area contributed by atoms with Crippen molar-refractivity contribution in [3.05, 3.63) is 0 Å². The summed E-state index contributed by atoms with van der Waals surface area (Å²) in [6.45, 7) is 7.51. The Balaban J connectivity index is 3.69. The molecular formula is C11H22N2O. The fourth-order valence-electron chi connectivity index (χ4n) is 1.23. The molecule has 0 saturated carbocycles. The predicted octanol–water partition coefficient (Wildman–Crippen LogP) is 1.68. The van der Waals surface area contributed by atoms with Crippen LogP contribution in [0.25, 0.3) is 0 Å². The van der Waals surface area contributed by atoms with Gasteiger partial charge in [0.2, 0.25) is 0 Å². The number of nitrogens with one attached hydrogen (secondary N) is 1. The van der Waals surface area contributed by atoms with Crippen LogP contribution in [0, 0.1) is 16.7 Å². The van der Waals surface area contributed by atoms with Gasteiger partial charge in [0.15, 0.2) is 0 Å². The van der Waals surface area contributed by atoms with E-state index in [1.807, 2.05) is 0 Å². The summed E-state index contributed by atoms with van der Waals surface area (Å²) < 4.78 is 0. The van der Waals surface area contributed by atoms with Gasteiger partial charge in [0, 0.05) is 25.6 Å². The van der Waals surface area contributed by atoms with Crippen LogP contribution >= 0.6 is 0 Å². The Kier molecular flexibility index (Phi) is 6.52. The highest BCUT2D eigenvalue weighted by atomic mass is 16.3. The molecule has 0 aliphatic heterocycles. The van der Waals surface area contributed by atoms with Gasteiger partial charge in [-0.25, -0.2) is 0 Å². The Morgan fingerprint density at radius 3 is 2.64 bits per heavy atom. The largest absolute Gasteiger partial charge is 0.396 e. The molecule has 0 fully saturated rings. The zero-order valence-electron chi connectivity index (χ0n) is 9.51. The van der Waals surface area contributed by atoms with Crippen molar-refractivity contribution in [3.8, 4) is 6.07 Å². The Morgan fingerprint density at radius 2 is 2.14 bits per heavy atom. The minimum Gasteiger partial charge on any atom is -0.396 e. The minimum absolute atomic E-state index is 0.166. The van der Waals surface area contributed by atoms with Gasteiger partial charge in [-0.3, -0.25) is 0 Å². The standard InChI is InChI=1S/C11H22N2O/c1-10(5-8-14)13-9-11(2,3)6-4-7-12/h10,13-14H,4-6,8-9H2,1-3H3. The van der Waals surface area contributed by atoms with Crippen molar-refractivity contribution in [3.63, 3.8) is 0 Å². The van der Waals surface area contributed by atoms with E-state index in [4.69, 9.17) is 10.4 Å². The van der Waals surface area contributed by atoms with E-state index in [0.717, 1.165) is 19.4 Å². The molecule has 0 spiro atoms. The van der Waals surface area contributed by atoms with Crippen molar-refractivity contribution in [1.82, 2.24) is 5.32 Å². The van der Waals surface area contributed by atoms with Gasteiger partial charge in [-0.15, -0.1) is 0 Å². The van der Waals surface area contributed by atoms with Crippen LogP contribution in [-0.2, 0) is 0 Å². The molecule has 3 nitrogen and oxygen atoms in total. The predicted molar refractivity (Wildman–Crippen MR) is 57.8 cm³/mol. The summed E-state index contributed by atoms with van der Waals surface area (Å²) in [7, 11) is 0. The fraction of sp³-hybridized carbons (Fsp3) is 0.909. The summed E-state index contributed by atoms with van der Waals surface area (Å²) in [6, 6.07) is 2.52. The monoisotopic (exact) mass is 198 g/mol. The molecule has 1 atom stereocenters. The molecule has 1 unspecified atom stereocenters. The Hall–Kier alpha value is -0.590. The molecule has 0 aliphatic carbocycles. The van der Waals surface area contributed by atoms with E-state index in [1.165, 1.54) is 0 Å². The number of rotatable bonds is 7. The average molecular weight is 198 g/mol. The Morgan fingerprint density at radius 1 is 1.50 bits per heavy atom. The summed E-state index contributed by atoms with van der Waals surface area (Å²) in [5.74, 6) is 0. The number of hydrogen-bond donors (Lipinski definition) is 2. The second-order valence-corrected chi connectivity index (χ2v) is 4.62. The minimum atomic E-state index is 0.166. The van der Waals surface area contributed by atoms with Gasteiger partial charge in [0.25, 0.3) is 0 Å². The van der Waals surface area contributed by atoms with Crippen LogP contribution in [0.15, 0.2) is 0 Å². The summed E-state index contributed by atoms with van der Waals surface area (Å²) >= 11 is 0. The maximum absolute atomic E-state index is 8.72. The van der Waals surface area contributed by atoms with Crippen molar-refractivity contribution in [2.45, 2.75) is 46.1 Å². The Bertz CT molecular complexity index is 184. The quantitative estimate of drug-likeness (QED) is 0.654. The van der Waals surface area contributed by atoms with E-state index in [-0.39, 0.29) is 12.0 Å². The first-order valence-electron chi connectivity index (χ1n) is 5.23. The molecular weight excluding hydrogens is 176 g/mol. The van der Waals surface area contributed by atoms with Crippen LogP contribution < -0.4 is 5.32 Å². The van der Waals surface area contributed by atoms with Gasteiger partial charge in [-0.1, -0.05) is 13.8 Å². The van der Waals surface area contributed by atoms with Crippen LogP contribution in [0.1, 0.15) is 40.0 Å². The Labute approximate surface area is 87.1 Å². The smallest absolute Gasteiger partial charge is 0.0621 e. The van der Waals surface area contributed by atoms with E-state index >= 15 is 0 Å². The average Bonchev–Trinajstić information content (AvgIpc) is 2.13. The SMILES string of the molecule is CC(CCO)NCC(C)(C)CCC#N. The van der Waals surface area contributed by atoms with E-state index in [2.05, 4.69) is 32.2 Å². The maximum Gasteiger partial charge on any atom is 0.0621 e. The molecule has 0 aromatic carbocycles. The van der Waals surface area contributed by atoms with Gasteiger partial charge >= 0.3 is 0 Å². The first-order chi connectivity index (χ1) is 6.52. The third-order valence-electron chi connectivity index (χ3n) is 2.40. The zero-order valence-corrected chi connectivity index (χ0v) is 9.51. The van der Waals surface area contributed by atoms with Crippen molar-refractivity contribution < 1.29 is 5.11 Å². The van der Waals surface area contributed by atoms with E-state index in [0.29, 0.717) is 12.5 Å². The number of aliphatic hydroxyl groups is 1. The lowest BCUT2D eigenvalue weighted by molar-refractivity contribution is 0.251. The van der Waals surface area contributed by atoms with Crippen LogP contribution in [0.4, 0.5) is 0 Å². The molecule has 2 N–H and O–H groups in total. The van der Waals surface area contributed by atoms with Crippen LogP contribution in [-0.4, -0.2) is 24.3 Å². The lowest BCUT2D eigenvalue weighted by atomic mass is 9.88. The molecule has 3 heteroatoms. The third-order valence-corrected chi connectivity index (χ3v) is 2.40. The molecule has 82 valence electrons. The molecule has 0 aliphatic rings. The van der Waals surface area contributed by atoms with Crippen LogP contribution in [0.2, 0.25) is 0 Å². The first kappa shape index (κ1) is 13.4. The number of nitriles is 1. The topological polar surface area (TPSA) is 56.0 Å². The fourth-order valence-corrected chi connectivity index (χ4v) is 1.23. The van der Waals surface area contributed by atoms with Crippen molar-refractivity contribution in [2.24, 2.45) is 5.41 Å². The molecule has 0 heterocycles. The van der Waals surface area contributed by atoms with Gasteiger partial charge in [0.05, 0.1) is 6.07 Å². The van der Waals surface area contributed by atoms with Gasteiger partial charge in [0.1, 0.15) is 0 Å². The number of aliphatic hydroxyl groups excluding tert-OH is 1. The molecule has 0 saturated heterocycles. The lowest BCUT2D eigenvalue weighted by Gasteiger charge is -2.26. The zero-order chi connectivity index (χ0) is 11.0. The van der Waals surface area contributed by atoms with Crippen molar-refractivity contribution >= 4 is 0 Å². The molecule has 0 radical (unpaired) electrons. The number of hydrogen-bond acceptors (Lipinski definition) is 3. The molecule has 0 bridgehead atoms. The van der Waals surface area contributed by atoms with Gasteiger partial charge in [-0.2, -0.15) is 5.26 Å². The normalized spacial score (nSPS) is 13.6. The first-order valence-corrected chi connectivity index (χ1v) is 5.23. The van der Waals surface area contributed by atoms with Gasteiger partial charge in [-0.05, 0) is 25.2 Å². The summed E-state index contributed by atoms with van der Waals surface area (Å²) in [4.78, 5) is 0. The molecule has 0 amide bonds. The van der Waals surface area contributed by atoms with E-state index < -0.39 is 0 Å². The highest BCUT2D eigenvalue weighted by molar-refractivity contribution is 4.79. The van der Waals surface area contributed by atoms with E-state index in [1.54, 1.807) is 0 Å². The lowest BCUT2D eigenvalue weighted by Crippen LogP contribution is -2.35. The van der Waals surface area contributed by atoms with Crippen molar-refractivity contribution in [1.29, 1.82) is 5.26 Å². The summed E-state index contributed by atoms with van der Waals surface area (Å²) in [5.41, 5.74) is 0.166. The molecule has 14 heavy (non-hydrogen) atoms. The highest BCUT2D eigenvalue weighted by Crippen LogP contribution is 2.20. The molecule has 0 aromatic rings. The van der Waals surface area contributed by atoms with Gasteiger partial charge < -0.3 is 10.4 Å². The molecule has 0 rings (SSSR count). The second kappa shape index (κ2) is 6.80. The molecule has 0 aromatic heterocycles. The highest BCUT2D eigenvalue weighted by Gasteiger charge is 2.17. The van der Waals surface area contributed by atoms with Crippen LogP contribution in [0.3, 0.4) is 0 Å².